The lowest BCUT2D eigenvalue weighted by atomic mass is 10.1. The molecule has 3 heteroatoms. The fourth-order valence-corrected chi connectivity index (χ4v) is 1.78. The molecule has 0 heterocycles. The lowest BCUT2D eigenvalue weighted by molar-refractivity contribution is 0.132. The molecule has 100 valence electrons. The van der Waals surface area contributed by atoms with Gasteiger partial charge in [0, 0.05) is 0 Å². The Morgan fingerprint density at radius 3 is 2.65 bits per heavy atom. The summed E-state index contributed by atoms with van der Waals surface area (Å²) in [4.78, 5) is 5.24. The van der Waals surface area contributed by atoms with Gasteiger partial charge < -0.3 is 4.84 Å². The highest BCUT2D eigenvalue weighted by Gasteiger charge is 1.95. The lowest BCUT2D eigenvalue weighted by Crippen LogP contribution is -1.89. The Balaban J connectivity index is 1.88. The minimum absolute atomic E-state index is 0.360. The minimum Gasteiger partial charge on any atom is -0.391 e. The van der Waals surface area contributed by atoms with E-state index in [2.05, 4.69) is 30.3 Å². The van der Waals surface area contributed by atoms with Gasteiger partial charge in [0.25, 0.3) is 0 Å². The van der Waals surface area contributed by atoms with Crippen LogP contribution in [0, 0.1) is 11.3 Å². The standard InChI is InChI=1S/C17H16N2O/c1-2-14-6-8-15(9-7-14)12-19-20-13-17-5-3-4-16(10-17)11-18/h3-10,12H,2,13H2,1H3. The SMILES string of the molecule is CCc1ccc(C=NOCc2cccc(C#N)c2)cc1. The Kier molecular flexibility index (Phi) is 4.91. The quantitative estimate of drug-likeness (QED) is 0.611. The van der Waals surface area contributed by atoms with Gasteiger partial charge >= 0.3 is 0 Å². The van der Waals surface area contributed by atoms with Gasteiger partial charge in [-0.25, -0.2) is 0 Å². The van der Waals surface area contributed by atoms with Crippen LogP contribution in [0.3, 0.4) is 0 Å². The van der Waals surface area contributed by atoms with E-state index < -0.39 is 0 Å². The van der Waals surface area contributed by atoms with Gasteiger partial charge in [-0.2, -0.15) is 5.26 Å². The molecule has 2 aromatic rings. The van der Waals surface area contributed by atoms with Crippen LogP contribution in [0.5, 0.6) is 0 Å². The number of nitrogens with zero attached hydrogens (tertiary/aromatic N) is 2. The van der Waals surface area contributed by atoms with Crippen LogP contribution in [-0.2, 0) is 17.9 Å². The van der Waals surface area contributed by atoms with E-state index in [9.17, 15) is 0 Å². The molecule has 0 atom stereocenters. The maximum absolute atomic E-state index is 8.80. The summed E-state index contributed by atoms with van der Waals surface area (Å²) in [5.74, 6) is 0. The van der Waals surface area contributed by atoms with Gasteiger partial charge in [-0.15, -0.1) is 0 Å². The van der Waals surface area contributed by atoms with Crippen LogP contribution >= 0.6 is 0 Å². The number of hydrogen-bond acceptors (Lipinski definition) is 3. The maximum Gasteiger partial charge on any atom is 0.142 e. The van der Waals surface area contributed by atoms with Crippen molar-refractivity contribution in [2.75, 3.05) is 0 Å². The molecule has 0 aliphatic rings. The average molecular weight is 264 g/mol. The van der Waals surface area contributed by atoms with Gasteiger partial charge in [0.2, 0.25) is 0 Å². The maximum atomic E-state index is 8.80. The topological polar surface area (TPSA) is 45.4 Å². The molecule has 0 aromatic heterocycles. The second kappa shape index (κ2) is 7.10. The molecule has 0 aliphatic heterocycles. The molecule has 0 unspecified atom stereocenters. The summed E-state index contributed by atoms with van der Waals surface area (Å²) in [5.41, 5.74) is 3.87. The Bertz CT molecular complexity index is 624. The first-order valence-electron chi connectivity index (χ1n) is 6.55. The minimum atomic E-state index is 0.360. The third-order valence-electron chi connectivity index (χ3n) is 2.95. The van der Waals surface area contributed by atoms with Crippen molar-refractivity contribution in [2.45, 2.75) is 20.0 Å². The van der Waals surface area contributed by atoms with Crippen LogP contribution in [-0.4, -0.2) is 6.21 Å². The number of oxime groups is 1. The summed E-state index contributed by atoms with van der Waals surface area (Å²) < 4.78 is 0. The van der Waals surface area contributed by atoms with Crippen molar-refractivity contribution in [3.05, 3.63) is 70.8 Å². The summed E-state index contributed by atoms with van der Waals surface area (Å²) in [6, 6.07) is 17.6. The zero-order chi connectivity index (χ0) is 14.2. The molecule has 0 radical (unpaired) electrons. The first kappa shape index (κ1) is 13.8. The monoisotopic (exact) mass is 264 g/mol. The highest BCUT2D eigenvalue weighted by molar-refractivity contribution is 5.79. The van der Waals surface area contributed by atoms with Crippen molar-refractivity contribution in [3.8, 4) is 6.07 Å². The van der Waals surface area contributed by atoms with Crippen LogP contribution in [0.2, 0.25) is 0 Å². The largest absolute Gasteiger partial charge is 0.391 e. The fourth-order valence-electron chi connectivity index (χ4n) is 1.78. The summed E-state index contributed by atoms with van der Waals surface area (Å²) in [6.45, 7) is 2.49. The zero-order valence-corrected chi connectivity index (χ0v) is 11.4. The van der Waals surface area contributed by atoms with Gasteiger partial charge in [0.15, 0.2) is 0 Å². The number of aryl methyl sites for hydroxylation is 1. The highest BCUT2D eigenvalue weighted by Crippen LogP contribution is 2.06. The van der Waals surface area contributed by atoms with Crippen molar-refractivity contribution in [1.82, 2.24) is 0 Å². The van der Waals surface area contributed by atoms with E-state index in [1.54, 1.807) is 18.3 Å². The van der Waals surface area contributed by atoms with E-state index in [0.29, 0.717) is 12.2 Å². The number of benzene rings is 2. The van der Waals surface area contributed by atoms with Crippen molar-refractivity contribution < 1.29 is 4.84 Å². The molecule has 0 N–H and O–H groups in total. The molecule has 20 heavy (non-hydrogen) atoms. The average Bonchev–Trinajstić information content (AvgIpc) is 2.52. The third-order valence-corrected chi connectivity index (χ3v) is 2.95. The third kappa shape index (κ3) is 3.96. The highest BCUT2D eigenvalue weighted by atomic mass is 16.6. The molecule has 0 saturated carbocycles. The van der Waals surface area contributed by atoms with E-state index in [1.165, 1.54) is 5.56 Å². The van der Waals surface area contributed by atoms with Gasteiger partial charge in [0.05, 0.1) is 17.8 Å². The van der Waals surface area contributed by atoms with E-state index in [4.69, 9.17) is 10.1 Å². The van der Waals surface area contributed by atoms with E-state index in [1.807, 2.05) is 24.3 Å². The van der Waals surface area contributed by atoms with Crippen LogP contribution in [0.4, 0.5) is 0 Å². The number of nitriles is 1. The van der Waals surface area contributed by atoms with Crippen LogP contribution in [0.25, 0.3) is 0 Å². The van der Waals surface area contributed by atoms with E-state index >= 15 is 0 Å². The van der Waals surface area contributed by atoms with Crippen molar-refractivity contribution in [3.63, 3.8) is 0 Å². The number of rotatable bonds is 5. The Hall–Kier alpha value is -2.60. The Morgan fingerprint density at radius 1 is 1.15 bits per heavy atom. The molecule has 0 spiro atoms. The molecule has 2 aromatic carbocycles. The summed E-state index contributed by atoms with van der Waals surface area (Å²) >= 11 is 0. The molecule has 2 rings (SSSR count). The van der Waals surface area contributed by atoms with Gasteiger partial charge in [0.1, 0.15) is 6.61 Å². The molecule has 0 aliphatic carbocycles. The first-order valence-corrected chi connectivity index (χ1v) is 6.55. The van der Waals surface area contributed by atoms with Crippen LogP contribution < -0.4 is 0 Å². The first-order chi connectivity index (χ1) is 9.81. The van der Waals surface area contributed by atoms with Crippen molar-refractivity contribution >= 4 is 6.21 Å². The predicted octanol–water partition coefficient (Wildman–Crippen LogP) is 3.67. The fraction of sp³-hybridized carbons (Fsp3) is 0.176. The molecular weight excluding hydrogens is 248 g/mol. The summed E-state index contributed by atoms with van der Waals surface area (Å²) in [7, 11) is 0. The molecular formula is C17H16N2O. The number of hydrogen-bond donors (Lipinski definition) is 0. The summed E-state index contributed by atoms with van der Waals surface area (Å²) in [6.07, 6.45) is 2.72. The molecule has 0 saturated heterocycles. The molecule has 3 nitrogen and oxygen atoms in total. The smallest absolute Gasteiger partial charge is 0.142 e. The normalized spacial score (nSPS) is 10.4. The van der Waals surface area contributed by atoms with Crippen molar-refractivity contribution in [2.24, 2.45) is 5.16 Å². The summed E-state index contributed by atoms with van der Waals surface area (Å²) in [5, 5.41) is 12.7. The van der Waals surface area contributed by atoms with Gasteiger partial charge in [-0.05, 0) is 35.2 Å². The van der Waals surface area contributed by atoms with E-state index in [0.717, 1.165) is 17.5 Å². The molecule has 0 bridgehead atoms. The van der Waals surface area contributed by atoms with E-state index in [-0.39, 0.29) is 0 Å². The van der Waals surface area contributed by atoms with Crippen LogP contribution in [0.1, 0.15) is 29.2 Å². The van der Waals surface area contributed by atoms with Gasteiger partial charge in [-0.3, -0.25) is 0 Å². The molecule has 0 amide bonds. The second-order valence-corrected chi connectivity index (χ2v) is 4.42. The van der Waals surface area contributed by atoms with Gasteiger partial charge in [-0.1, -0.05) is 48.5 Å². The Labute approximate surface area is 119 Å². The Morgan fingerprint density at radius 2 is 1.95 bits per heavy atom. The molecule has 0 fully saturated rings. The van der Waals surface area contributed by atoms with Crippen molar-refractivity contribution in [1.29, 1.82) is 5.26 Å². The lowest BCUT2D eigenvalue weighted by Gasteiger charge is -2.00. The predicted molar refractivity (Wildman–Crippen MR) is 79.4 cm³/mol. The zero-order valence-electron chi connectivity index (χ0n) is 11.4. The van der Waals surface area contributed by atoms with Crippen LogP contribution in [0.15, 0.2) is 53.7 Å². The second-order valence-electron chi connectivity index (χ2n) is 4.42.